The van der Waals surface area contributed by atoms with Crippen molar-refractivity contribution in [1.82, 2.24) is 5.32 Å². The van der Waals surface area contributed by atoms with E-state index >= 15 is 0 Å². The number of aliphatic hydroxyl groups excluding tert-OH is 5. The molecule has 1 amide bonds. The van der Waals surface area contributed by atoms with Crippen LogP contribution < -0.4 is 5.32 Å². The van der Waals surface area contributed by atoms with Crippen molar-refractivity contribution >= 4 is 16.3 Å². The van der Waals surface area contributed by atoms with E-state index in [4.69, 9.17) is 14.0 Å². The Bertz CT molecular complexity index is 1210. The number of hydrogen-bond donors (Lipinski definition) is 7. The maximum Gasteiger partial charge on any atom is 0.397 e. The lowest BCUT2D eigenvalue weighted by atomic mass is 9.99. The molecule has 0 spiro atoms. The van der Waals surface area contributed by atoms with Gasteiger partial charge in [0.05, 0.1) is 25.4 Å². The minimum Gasteiger partial charge on any atom is -0.394 e. The van der Waals surface area contributed by atoms with E-state index in [1.807, 2.05) is 0 Å². The predicted molar refractivity (Wildman–Crippen MR) is 219 cm³/mol. The first-order valence-electron chi connectivity index (χ1n) is 21.1. The third kappa shape index (κ3) is 25.4. The van der Waals surface area contributed by atoms with Gasteiger partial charge in [0, 0.05) is 0 Å². The third-order valence-corrected chi connectivity index (χ3v) is 10.1. The summed E-state index contributed by atoms with van der Waals surface area (Å²) in [7, 11) is -5.12. The van der Waals surface area contributed by atoms with E-state index in [0.29, 0.717) is 12.8 Å². The van der Waals surface area contributed by atoms with Crippen molar-refractivity contribution in [1.29, 1.82) is 0 Å². The van der Waals surface area contributed by atoms with Crippen molar-refractivity contribution in [3.63, 3.8) is 0 Å². The highest BCUT2D eigenvalue weighted by atomic mass is 32.3. The molecule has 7 N–H and O–H groups in total. The third-order valence-electron chi connectivity index (χ3n) is 9.67. The topological polar surface area (TPSA) is 212 Å². The SMILES string of the molecule is CCCCC/C=C/CC/C=C/CC/C=C/C(O)C(COC1OC(CO)C(O)C(OS(=O)(=O)O)C1O)NC(=O)C(O)CCCCCCCC/C=C\CCCCCC. The van der Waals surface area contributed by atoms with Crippen LogP contribution in [0.15, 0.2) is 48.6 Å². The normalized spacial score (nSPS) is 22.5. The summed E-state index contributed by atoms with van der Waals surface area (Å²) in [5, 5.41) is 55.0. The molecule has 0 saturated carbocycles. The summed E-state index contributed by atoms with van der Waals surface area (Å²) in [6, 6.07) is -1.14. The number of allylic oxidation sites excluding steroid dienone is 7. The van der Waals surface area contributed by atoms with Crippen molar-refractivity contribution in [2.24, 2.45) is 0 Å². The van der Waals surface area contributed by atoms with E-state index in [9.17, 15) is 38.7 Å². The van der Waals surface area contributed by atoms with Crippen LogP contribution in [0, 0.1) is 0 Å². The molecule has 56 heavy (non-hydrogen) atoms. The zero-order chi connectivity index (χ0) is 41.4. The number of carbonyl (C=O) groups is 1. The highest BCUT2D eigenvalue weighted by Crippen LogP contribution is 2.26. The predicted octanol–water partition coefficient (Wildman–Crippen LogP) is 6.29. The second kappa shape index (κ2) is 32.9. The minimum absolute atomic E-state index is 0.224. The van der Waals surface area contributed by atoms with E-state index in [1.165, 1.54) is 51.0 Å². The Labute approximate surface area is 337 Å². The molecular weight excluding hydrogens is 743 g/mol. The lowest BCUT2D eigenvalue weighted by molar-refractivity contribution is -0.298. The molecule has 1 aliphatic heterocycles. The molecule has 0 radical (unpaired) electrons. The van der Waals surface area contributed by atoms with E-state index in [2.05, 4.69) is 59.8 Å². The Morgan fingerprint density at radius 1 is 0.714 bits per heavy atom. The van der Waals surface area contributed by atoms with Crippen LogP contribution in [0.25, 0.3) is 0 Å². The molecule has 14 heteroatoms. The van der Waals surface area contributed by atoms with Gasteiger partial charge < -0.3 is 40.3 Å². The molecule has 326 valence electrons. The molecule has 1 aliphatic rings. The quantitative estimate of drug-likeness (QED) is 0.0217. The molecular formula is C42H75NO12S. The van der Waals surface area contributed by atoms with E-state index in [1.54, 1.807) is 6.08 Å². The summed E-state index contributed by atoms with van der Waals surface area (Å²) in [4.78, 5) is 13.0. The molecule has 0 bridgehead atoms. The Kier molecular flexibility index (Phi) is 30.6. The first-order valence-corrected chi connectivity index (χ1v) is 22.5. The van der Waals surface area contributed by atoms with Gasteiger partial charge in [0.15, 0.2) is 6.29 Å². The number of ether oxygens (including phenoxy) is 2. The zero-order valence-electron chi connectivity index (χ0n) is 34.0. The largest absolute Gasteiger partial charge is 0.397 e. The van der Waals surface area contributed by atoms with Crippen molar-refractivity contribution in [2.45, 2.75) is 198 Å². The molecule has 0 aromatic rings. The molecule has 1 rings (SSSR count). The zero-order valence-corrected chi connectivity index (χ0v) is 34.9. The molecule has 8 unspecified atom stereocenters. The molecule has 0 aromatic carbocycles. The Balaban J connectivity index is 2.69. The summed E-state index contributed by atoms with van der Waals surface area (Å²) in [6.07, 6.45) is 26.3. The van der Waals surface area contributed by atoms with Crippen LogP contribution in [-0.4, -0.2) is 107 Å². The highest BCUT2D eigenvalue weighted by molar-refractivity contribution is 7.80. The maximum atomic E-state index is 13.0. The number of hydrogen-bond acceptors (Lipinski definition) is 11. The van der Waals surface area contributed by atoms with Crippen LogP contribution >= 0.6 is 0 Å². The average molecular weight is 818 g/mol. The number of nitrogens with one attached hydrogen (secondary N) is 1. The fourth-order valence-electron chi connectivity index (χ4n) is 6.25. The van der Waals surface area contributed by atoms with Gasteiger partial charge in [-0.25, -0.2) is 4.18 Å². The molecule has 13 nitrogen and oxygen atoms in total. The van der Waals surface area contributed by atoms with Gasteiger partial charge in [-0.05, 0) is 70.6 Å². The molecule has 0 aliphatic carbocycles. The minimum atomic E-state index is -5.12. The second-order valence-electron chi connectivity index (χ2n) is 14.7. The van der Waals surface area contributed by atoms with Crippen molar-refractivity contribution in [3.8, 4) is 0 Å². The van der Waals surface area contributed by atoms with Crippen molar-refractivity contribution in [3.05, 3.63) is 48.6 Å². The smallest absolute Gasteiger partial charge is 0.394 e. The molecule has 8 atom stereocenters. The van der Waals surface area contributed by atoms with Gasteiger partial charge in [0.25, 0.3) is 0 Å². The van der Waals surface area contributed by atoms with Crippen LogP contribution in [0.2, 0.25) is 0 Å². The summed E-state index contributed by atoms with van der Waals surface area (Å²) in [5.41, 5.74) is 0. The van der Waals surface area contributed by atoms with Crippen LogP contribution in [0.5, 0.6) is 0 Å². The molecule has 1 fully saturated rings. The number of carbonyl (C=O) groups excluding carboxylic acids is 1. The summed E-state index contributed by atoms with van der Waals surface area (Å²) in [5.74, 6) is -0.726. The fourth-order valence-corrected chi connectivity index (χ4v) is 6.76. The van der Waals surface area contributed by atoms with E-state index in [0.717, 1.165) is 70.6 Å². The van der Waals surface area contributed by atoms with Crippen LogP contribution in [0.1, 0.15) is 149 Å². The van der Waals surface area contributed by atoms with Gasteiger partial charge >= 0.3 is 10.4 Å². The first kappa shape index (κ1) is 52.0. The van der Waals surface area contributed by atoms with Gasteiger partial charge in [-0.3, -0.25) is 9.35 Å². The van der Waals surface area contributed by atoms with E-state index < -0.39 is 78.5 Å². The number of amides is 1. The van der Waals surface area contributed by atoms with Crippen LogP contribution in [0.3, 0.4) is 0 Å². The Hall–Kier alpha value is -1.98. The number of rotatable bonds is 34. The van der Waals surface area contributed by atoms with Gasteiger partial charge in [0.1, 0.15) is 30.5 Å². The van der Waals surface area contributed by atoms with Crippen molar-refractivity contribution < 1.29 is 57.0 Å². The van der Waals surface area contributed by atoms with E-state index in [-0.39, 0.29) is 6.42 Å². The Morgan fingerprint density at radius 3 is 1.75 bits per heavy atom. The lowest BCUT2D eigenvalue weighted by Crippen LogP contribution is -2.61. The number of aliphatic hydroxyl groups is 5. The van der Waals surface area contributed by atoms with Crippen LogP contribution in [0.4, 0.5) is 0 Å². The van der Waals surface area contributed by atoms with Gasteiger partial charge in [0.2, 0.25) is 5.91 Å². The molecule has 1 saturated heterocycles. The van der Waals surface area contributed by atoms with Gasteiger partial charge in [-0.2, -0.15) is 8.42 Å². The maximum absolute atomic E-state index is 13.0. The standard InChI is InChI=1S/C42H75NO12S/c1-3-5-7-9-11-13-15-17-19-21-23-25-27-29-31-36(46)41(49)43-34(35(45)30-28-26-24-22-20-18-16-14-12-10-8-6-4-2)33-53-42-39(48)40(55-56(50,51)52)38(47)37(32-44)54-42/h12-15,20,22,28,30,34-40,42,44-48H,3-11,16-19,21,23-27,29,31-33H2,1-2H3,(H,43,49)(H,50,51,52)/b14-12+,15-13-,22-20+,30-28+. The monoisotopic (exact) mass is 818 g/mol. The Morgan fingerprint density at radius 2 is 1.20 bits per heavy atom. The average Bonchev–Trinajstić information content (AvgIpc) is 3.16. The molecule has 0 aromatic heterocycles. The fraction of sp³-hybridized carbons (Fsp3) is 0.786. The lowest BCUT2D eigenvalue weighted by Gasteiger charge is -2.41. The van der Waals surface area contributed by atoms with Crippen LogP contribution in [-0.2, 0) is 28.9 Å². The first-order chi connectivity index (χ1) is 26.9. The summed E-state index contributed by atoms with van der Waals surface area (Å²) >= 11 is 0. The van der Waals surface area contributed by atoms with Gasteiger partial charge in [-0.15, -0.1) is 0 Å². The van der Waals surface area contributed by atoms with Crippen molar-refractivity contribution in [2.75, 3.05) is 13.2 Å². The second-order valence-corrected chi connectivity index (χ2v) is 15.7. The molecule has 1 heterocycles. The summed E-state index contributed by atoms with van der Waals surface area (Å²) < 4.78 is 47.3. The summed E-state index contributed by atoms with van der Waals surface area (Å²) in [6.45, 7) is 3.11. The highest BCUT2D eigenvalue weighted by Gasteiger charge is 2.48. The number of unbranched alkanes of at least 4 members (excludes halogenated alkanes) is 15. The van der Waals surface area contributed by atoms with Gasteiger partial charge in [-0.1, -0.05) is 127 Å².